The molecule has 17 heavy (non-hydrogen) atoms. The van der Waals surface area contributed by atoms with E-state index < -0.39 is 0 Å². The molecule has 2 aliphatic heterocycles. The summed E-state index contributed by atoms with van der Waals surface area (Å²) in [5.41, 5.74) is -0.0243. The molecule has 3 fully saturated rings. The van der Waals surface area contributed by atoms with E-state index >= 15 is 0 Å². The molecule has 3 aliphatic rings. The van der Waals surface area contributed by atoms with Gasteiger partial charge in [0.25, 0.3) is 0 Å². The number of carbonyl (C=O) groups is 2. The van der Waals surface area contributed by atoms with Gasteiger partial charge in [-0.1, -0.05) is 0 Å². The van der Waals surface area contributed by atoms with Crippen LogP contribution in [-0.2, 0) is 14.3 Å². The van der Waals surface area contributed by atoms with Crippen LogP contribution in [0.3, 0.4) is 0 Å². The third kappa shape index (κ3) is 1.80. The van der Waals surface area contributed by atoms with Crippen molar-refractivity contribution in [2.75, 3.05) is 25.5 Å². The van der Waals surface area contributed by atoms with Gasteiger partial charge in [0.05, 0.1) is 11.8 Å². The SMILES string of the molecule is O=C1C2CC2C(=O)N1CC1(CS)CCOCC1. The molecular weight excluding hydrogens is 238 g/mol. The first-order chi connectivity index (χ1) is 8.17. The van der Waals surface area contributed by atoms with Crippen molar-refractivity contribution in [1.29, 1.82) is 0 Å². The molecule has 3 rings (SSSR count). The molecule has 0 aromatic heterocycles. The van der Waals surface area contributed by atoms with Crippen LogP contribution in [0, 0.1) is 17.3 Å². The Morgan fingerprint density at radius 1 is 1.24 bits per heavy atom. The summed E-state index contributed by atoms with van der Waals surface area (Å²) in [7, 11) is 0. The Balaban J connectivity index is 1.73. The minimum absolute atomic E-state index is 0.0132. The number of likely N-dealkylation sites (tertiary alicyclic amines) is 1. The molecule has 5 heteroatoms. The van der Waals surface area contributed by atoms with E-state index in [9.17, 15) is 9.59 Å². The zero-order valence-electron chi connectivity index (χ0n) is 9.72. The first-order valence-corrected chi connectivity index (χ1v) is 6.84. The highest BCUT2D eigenvalue weighted by Crippen LogP contribution is 2.48. The fourth-order valence-electron chi connectivity index (χ4n) is 2.91. The third-order valence-electron chi connectivity index (χ3n) is 4.34. The lowest BCUT2D eigenvalue weighted by Crippen LogP contribution is -2.46. The standard InChI is InChI=1S/C12H17NO3S/c14-10-8-5-9(8)11(15)13(10)6-12(7-17)1-3-16-4-2-12/h8-9,17H,1-7H2. The summed E-state index contributed by atoms with van der Waals surface area (Å²) in [6.07, 6.45) is 2.57. The number of carbonyl (C=O) groups excluding carboxylic acids is 2. The smallest absolute Gasteiger partial charge is 0.233 e. The second-order valence-electron chi connectivity index (χ2n) is 5.48. The topological polar surface area (TPSA) is 46.6 Å². The number of hydrogen-bond acceptors (Lipinski definition) is 4. The van der Waals surface area contributed by atoms with E-state index in [4.69, 9.17) is 4.74 Å². The maximum atomic E-state index is 11.9. The second-order valence-corrected chi connectivity index (χ2v) is 5.80. The molecule has 2 saturated heterocycles. The van der Waals surface area contributed by atoms with Gasteiger partial charge in [0.1, 0.15) is 0 Å². The molecule has 0 radical (unpaired) electrons. The van der Waals surface area contributed by atoms with E-state index in [1.807, 2.05) is 0 Å². The molecule has 94 valence electrons. The van der Waals surface area contributed by atoms with E-state index in [0.29, 0.717) is 25.5 Å². The Morgan fingerprint density at radius 2 is 1.82 bits per heavy atom. The van der Waals surface area contributed by atoms with E-state index in [2.05, 4.69) is 12.6 Å². The van der Waals surface area contributed by atoms with Crippen LogP contribution < -0.4 is 0 Å². The van der Waals surface area contributed by atoms with Gasteiger partial charge in [0.2, 0.25) is 11.8 Å². The fraction of sp³-hybridized carbons (Fsp3) is 0.833. The maximum absolute atomic E-state index is 11.9. The van der Waals surface area contributed by atoms with Crippen molar-refractivity contribution in [3.63, 3.8) is 0 Å². The number of thiol groups is 1. The van der Waals surface area contributed by atoms with Gasteiger partial charge < -0.3 is 4.74 Å². The minimum atomic E-state index is -0.0243. The Morgan fingerprint density at radius 3 is 2.35 bits per heavy atom. The molecule has 2 unspecified atom stereocenters. The predicted octanol–water partition coefficient (Wildman–Crippen LogP) is 0.718. The molecule has 0 N–H and O–H groups in total. The largest absolute Gasteiger partial charge is 0.381 e. The van der Waals surface area contributed by atoms with Crippen molar-refractivity contribution in [2.45, 2.75) is 19.3 Å². The van der Waals surface area contributed by atoms with Crippen molar-refractivity contribution in [2.24, 2.45) is 17.3 Å². The molecule has 1 saturated carbocycles. The second kappa shape index (κ2) is 3.99. The Kier molecular flexibility index (Phi) is 2.70. The van der Waals surface area contributed by atoms with Crippen LogP contribution in [0.25, 0.3) is 0 Å². The summed E-state index contributed by atoms with van der Waals surface area (Å²) in [4.78, 5) is 25.4. The van der Waals surface area contributed by atoms with Gasteiger partial charge in [-0.25, -0.2) is 0 Å². The zero-order chi connectivity index (χ0) is 12.0. The number of hydrogen-bond donors (Lipinski definition) is 1. The number of nitrogens with zero attached hydrogens (tertiary/aromatic N) is 1. The van der Waals surface area contributed by atoms with Crippen LogP contribution in [0.2, 0.25) is 0 Å². The van der Waals surface area contributed by atoms with Gasteiger partial charge in [-0.3, -0.25) is 14.5 Å². The molecule has 2 amide bonds. The van der Waals surface area contributed by atoms with Crippen LogP contribution in [0.1, 0.15) is 19.3 Å². The Hall–Kier alpha value is -0.550. The molecule has 0 aromatic rings. The molecule has 2 heterocycles. The van der Waals surface area contributed by atoms with Crippen LogP contribution in [0.4, 0.5) is 0 Å². The Labute approximate surface area is 106 Å². The molecule has 0 bridgehead atoms. The summed E-state index contributed by atoms with van der Waals surface area (Å²) in [5.74, 6) is 0.835. The highest BCUT2D eigenvalue weighted by molar-refractivity contribution is 7.80. The van der Waals surface area contributed by atoms with Gasteiger partial charge in [-0.2, -0.15) is 12.6 Å². The van der Waals surface area contributed by atoms with Gasteiger partial charge in [-0.05, 0) is 25.0 Å². The average Bonchev–Trinajstić information content (AvgIpc) is 3.11. The van der Waals surface area contributed by atoms with Crippen molar-refractivity contribution >= 4 is 24.4 Å². The zero-order valence-corrected chi connectivity index (χ0v) is 10.6. The summed E-state index contributed by atoms with van der Waals surface area (Å²) < 4.78 is 5.35. The van der Waals surface area contributed by atoms with Crippen molar-refractivity contribution in [3.8, 4) is 0 Å². The summed E-state index contributed by atoms with van der Waals surface area (Å²) in [5, 5.41) is 0. The molecule has 1 aliphatic carbocycles. The van der Waals surface area contributed by atoms with Crippen LogP contribution >= 0.6 is 12.6 Å². The lowest BCUT2D eigenvalue weighted by molar-refractivity contribution is -0.144. The molecule has 0 spiro atoms. The number of ether oxygens (including phenoxy) is 1. The van der Waals surface area contributed by atoms with Gasteiger partial charge in [0, 0.05) is 25.2 Å². The number of imide groups is 1. The van der Waals surface area contributed by atoms with Crippen molar-refractivity contribution in [1.82, 2.24) is 4.90 Å². The lowest BCUT2D eigenvalue weighted by atomic mass is 9.81. The Bertz CT molecular complexity index is 345. The van der Waals surface area contributed by atoms with Crippen molar-refractivity contribution < 1.29 is 14.3 Å². The first kappa shape index (κ1) is 11.5. The highest BCUT2D eigenvalue weighted by atomic mass is 32.1. The first-order valence-electron chi connectivity index (χ1n) is 6.21. The van der Waals surface area contributed by atoms with Gasteiger partial charge >= 0.3 is 0 Å². The predicted molar refractivity (Wildman–Crippen MR) is 64.7 cm³/mol. The number of fused-ring (bicyclic) bond motifs is 1. The number of rotatable bonds is 3. The average molecular weight is 255 g/mol. The minimum Gasteiger partial charge on any atom is -0.381 e. The van der Waals surface area contributed by atoms with Gasteiger partial charge in [0.15, 0.2) is 0 Å². The van der Waals surface area contributed by atoms with Crippen LogP contribution in [-0.4, -0.2) is 42.2 Å². The van der Waals surface area contributed by atoms with E-state index in [-0.39, 0.29) is 29.1 Å². The maximum Gasteiger partial charge on any atom is 0.233 e. The highest BCUT2D eigenvalue weighted by Gasteiger charge is 2.59. The summed E-state index contributed by atoms with van der Waals surface area (Å²) in [6, 6.07) is 0. The van der Waals surface area contributed by atoms with Crippen molar-refractivity contribution in [3.05, 3.63) is 0 Å². The summed E-state index contributed by atoms with van der Waals surface area (Å²) in [6.45, 7) is 1.97. The fourth-order valence-corrected chi connectivity index (χ4v) is 3.33. The van der Waals surface area contributed by atoms with Gasteiger partial charge in [-0.15, -0.1) is 0 Å². The molecule has 4 nitrogen and oxygen atoms in total. The van der Waals surface area contributed by atoms with Crippen LogP contribution in [0.15, 0.2) is 0 Å². The van der Waals surface area contributed by atoms with E-state index in [1.54, 1.807) is 0 Å². The van der Waals surface area contributed by atoms with Crippen LogP contribution in [0.5, 0.6) is 0 Å². The quantitative estimate of drug-likeness (QED) is 0.597. The normalized spacial score (nSPS) is 35.0. The molecule has 0 aromatic carbocycles. The number of amides is 2. The van der Waals surface area contributed by atoms with E-state index in [1.165, 1.54) is 4.90 Å². The molecular formula is C12H17NO3S. The summed E-state index contributed by atoms with van der Waals surface area (Å²) >= 11 is 4.41. The van der Waals surface area contributed by atoms with E-state index in [0.717, 1.165) is 19.3 Å². The third-order valence-corrected chi connectivity index (χ3v) is 5.01. The number of piperidine rings is 1. The lowest BCUT2D eigenvalue weighted by Gasteiger charge is -2.38. The monoisotopic (exact) mass is 255 g/mol. The molecule has 2 atom stereocenters.